The monoisotopic (exact) mass is 272 g/mol. The molecule has 0 aromatic heterocycles. The zero-order valence-electron chi connectivity index (χ0n) is 9.52. The number of hydrogen-bond acceptors (Lipinski definition) is 2. The number of amides is 1. The Labute approximate surface area is 110 Å². The van der Waals surface area contributed by atoms with Crippen LogP contribution in [0.1, 0.15) is 23.7 Å². The molecule has 1 unspecified atom stereocenters. The SMILES string of the molecule is CC1(NC(=O)c2c(Cl)cccc2Cl)CCNC1. The highest BCUT2D eigenvalue weighted by Gasteiger charge is 2.31. The highest BCUT2D eigenvalue weighted by molar-refractivity contribution is 6.39. The molecule has 1 aliphatic heterocycles. The number of carbonyl (C=O) groups is 1. The van der Waals surface area contributed by atoms with Crippen molar-refractivity contribution in [2.75, 3.05) is 13.1 Å². The lowest BCUT2D eigenvalue weighted by Crippen LogP contribution is -2.47. The van der Waals surface area contributed by atoms with Crippen molar-refractivity contribution in [3.63, 3.8) is 0 Å². The first-order valence-electron chi connectivity index (χ1n) is 5.49. The van der Waals surface area contributed by atoms with E-state index in [1.165, 1.54) is 0 Å². The second-order valence-electron chi connectivity index (χ2n) is 4.54. The van der Waals surface area contributed by atoms with Crippen molar-refractivity contribution >= 4 is 29.1 Å². The molecule has 0 radical (unpaired) electrons. The molecule has 2 N–H and O–H groups in total. The highest BCUT2D eigenvalue weighted by atomic mass is 35.5. The summed E-state index contributed by atoms with van der Waals surface area (Å²) in [5.41, 5.74) is 0.128. The first-order chi connectivity index (χ1) is 8.02. The molecule has 1 atom stereocenters. The van der Waals surface area contributed by atoms with Crippen LogP contribution in [0, 0.1) is 0 Å². The Bertz CT molecular complexity index is 422. The number of nitrogens with one attached hydrogen (secondary N) is 2. The van der Waals surface area contributed by atoms with Gasteiger partial charge in [-0.2, -0.15) is 0 Å². The lowest BCUT2D eigenvalue weighted by Gasteiger charge is -2.24. The maximum Gasteiger partial charge on any atom is 0.254 e. The van der Waals surface area contributed by atoms with Gasteiger partial charge in [-0.15, -0.1) is 0 Å². The summed E-state index contributed by atoms with van der Waals surface area (Å²) in [6.07, 6.45) is 0.904. The molecule has 1 fully saturated rings. The fourth-order valence-electron chi connectivity index (χ4n) is 1.97. The van der Waals surface area contributed by atoms with Crippen LogP contribution < -0.4 is 10.6 Å². The minimum atomic E-state index is -0.223. The van der Waals surface area contributed by atoms with Crippen molar-refractivity contribution in [3.05, 3.63) is 33.8 Å². The van der Waals surface area contributed by atoms with Gasteiger partial charge in [0, 0.05) is 6.54 Å². The quantitative estimate of drug-likeness (QED) is 0.869. The van der Waals surface area contributed by atoms with Crippen molar-refractivity contribution in [1.29, 1.82) is 0 Å². The molecule has 2 rings (SSSR count). The van der Waals surface area contributed by atoms with E-state index in [-0.39, 0.29) is 11.4 Å². The summed E-state index contributed by atoms with van der Waals surface area (Å²) in [5, 5.41) is 6.96. The van der Waals surface area contributed by atoms with Crippen LogP contribution in [0.4, 0.5) is 0 Å². The molecular formula is C12H14Cl2N2O. The third kappa shape index (κ3) is 2.73. The molecule has 1 aliphatic rings. The van der Waals surface area contributed by atoms with Crippen molar-refractivity contribution < 1.29 is 4.79 Å². The predicted octanol–water partition coefficient (Wildman–Crippen LogP) is 2.48. The van der Waals surface area contributed by atoms with Crippen LogP contribution in [-0.4, -0.2) is 24.5 Å². The normalized spacial score (nSPS) is 23.7. The summed E-state index contributed by atoms with van der Waals surface area (Å²) in [6, 6.07) is 5.05. The van der Waals surface area contributed by atoms with Crippen molar-refractivity contribution in [1.82, 2.24) is 10.6 Å². The Hall–Kier alpha value is -0.770. The van der Waals surface area contributed by atoms with Crippen LogP contribution in [0.3, 0.4) is 0 Å². The first kappa shape index (κ1) is 12.7. The highest BCUT2D eigenvalue weighted by Crippen LogP contribution is 2.25. The number of carbonyl (C=O) groups excluding carboxylic acids is 1. The second kappa shape index (κ2) is 4.84. The second-order valence-corrected chi connectivity index (χ2v) is 5.35. The van der Waals surface area contributed by atoms with Gasteiger partial charge in [-0.05, 0) is 32.0 Å². The van der Waals surface area contributed by atoms with Gasteiger partial charge in [-0.3, -0.25) is 4.79 Å². The Balaban J connectivity index is 2.20. The fourth-order valence-corrected chi connectivity index (χ4v) is 2.54. The van der Waals surface area contributed by atoms with Crippen molar-refractivity contribution in [3.8, 4) is 0 Å². The average Bonchev–Trinajstić information content (AvgIpc) is 2.64. The Morgan fingerprint density at radius 2 is 2.06 bits per heavy atom. The van der Waals surface area contributed by atoms with Gasteiger partial charge in [0.2, 0.25) is 0 Å². The van der Waals surface area contributed by atoms with E-state index < -0.39 is 0 Å². The van der Waals surface area contributed by atoms with Gasteiger partial charge in [-0.25, -0.2) is 0 Å². The van der Waals surface area contributed by atoms with Crippen molar-refractivity contribution in [2.45, 2.75) is 18.9 Å². The smallest absolute Gasteiger partial charge is 0.254 e. The molecule has 17 heavy (non-hydrogen) atoms. The Morgan fingerprint density at radius 1 is 1.41 bits per heavy atom. The zero-order valence-corrected chi connectivity index (χ0v) is 11.0. The molecule has 0 spiro atoms. The lowest BCUT2D eigenvalue weighted by molar-refractivity contribution is 0.0913. The molecule has 1 aromatic carbocycles. The minimum absolute atomic E-state index is 0.216. The van der Waals surface area contributed by atoms with Crippen LogP contribution >= 0.6 is 23.2 Å². The lowest BCUT2D eigenvalue weighted by atomic mass is 10.0. The minimum Gasteiger partial charge on any atom is -0.345 e. The largest absolute Gasteiger partial charge is 0.345 e. The summed E-state index contributed by atoms with van der Waals surface area (Å²) >= 11 is 12.0. The molecule has 3 nitrogen and oxygen atoms in total. The summed E-state index contributed by atoms with van der Waals surface area (Å²) < 4.78 is 0. The van der Waals surface area contributed by atoms with Crippen LogP contribution in [0.25, 0.3) is 0 Å². The molecule has 1 heterocycles. The van der Waals surface area contributed by atoms with Gasteiger partial charge >= 0.3 is 0 Å². The summed E-state index contributed by atoms with van der Waals surface area (Å²) in [7, 11) is 0. The summed E-state index contributed by atoms with van der Waals surface area (Å²) in [6.45, 7) is 3.68. The van der Waals surface area contributed by atoms with Crippen LogP contribution in [-0.2, 0) is 0 Å². The average molecular weight is 273 g/mol. The van der Waals surface area contributed by atoms with Crippen LogP contribution in [0.5, 0.6) is 0 Å². The fraction of sp³-hybridized carbons (Fsp3) is 0.417. The van der Waals surface area contributed by atoms with Gasteiger partial charge in [-0.1, -0.05) is 29.3 Å². The number of halogens is 2. The van der Waals surface area contributed by atoms with E-state index in [1.807, 2.05) is 6.92 Å². The molecule has 1 saturated heterocycles. The third-order valence-corrected chi connectivity index (χ3v) is 3.60. The van der Waals surface area contributed by atoms with Gasteiger partial charge in [0.1, 0.15) is 0 Å². The molecule has 0 saturated carbocycles. The van der Waals surface area contributed by atoms with Gasteiger partial charge in [0.05, 0.1) is 21.1 Å². The maximum absolute atomic E-state index is 12.1. The van der Waals surface area contributed by atoms with E-state index in [0.717, 1.165) is 19.5 Å². The van der Waals surface area contributed by atoms with E-state index in [4.69, 9.17) is 23.2 Å². The van der Waals surface area contributed by atoms with Crippen LogP contribution in [0.2, 0.25) is 10.0 Å². The molecule has 1 aromatic rings. The first-order valence-corrected chi connectivity index (χ1v) is 6.25. The predicted molar refractivity (Wildman–Crippen MR) is 69.8 cm³/mol. The van der Waals surface area contributed by atoms with Gasteiger partial charge in [0.15, 0.2) is 0 Å². The summed E-state index contributed by atoms with van der Waals surface area (Å²) in [5.74, 6) is -0.216. The Morgan fingerprint density at radius 3 is 2.59 bits per heavy atom. The van der Waals surface area contributed by atoms with E-state index in [2.05, 4.69) is 10.6 Å². The standard InChI is InChI=1S/C12H14Cl2N2O/c1-12(5-6-15-7-12)16-11(17)10-8(13)3-2-4-9(10)14/h2-4,15H,5-7H2,1H3,(H,16,17). The molecule has 0 aliphatic carbocycles. The van der Waals surface area contributed by atoms with Gasteiger partial charge < -0.3 is 10.6 Å². The molecule has 5 heteroatoms. The maximum atomic E-state index is 12.1. The molecule has 1 amide bonds. The topological polar surface area (TPSA) is 41.1 Å². The number of rotatable bonds is 2. The molecular weight excluding hydrogens is 259 g/mol. The van der Waals surface area contributed by atoms with E-state index in [0.29, 0.717) is 15.6 Å². The molecule has 0 bridgehead atoms. The molecule has 92 valence electrons. The summed E-state index contributed by atoms with van der Waals surface area (Å²) in [4.78, 5) is 12.1. The van der Waals surface area contributed by atoms with E-state index in [9.17, 15) is 4.79 Å². The van der Waals surface area contributed by atoms with E-state index in [1.54, 1.807) is 18.2 Å². The number of benzene rings is 1. The zero-order chi connectivity index (χ0) is 12.5. The van der Waals surface area contributed by atoms with Crippen LogP contribution in [0.15, 0.2) is 18.2 Å². The van der Waals surface area contributed by atoms with Crippen molar-refractivity contribution in [2.24, 2.45) is 0 Å². The Kier molecular flexibility index (Phi) is 3.61. The number of hydrogen-bond donors (Lipinski definition) is 2. The third-order valence-electron chi connectivity index (χ3n) is 2.97. The van der Waals surface area contributed by atoms with E-state index >= 15 is 0 Å². The van der Waals surface area contributed by atoms with Gasteiger partial charge in [0.25, 0.3) is 5.91 Å².